The van der Waals surface area contributed by atoms with Crippen molar-refractivity contribution in [1.29, 1.82) is 0 Å². The van der Waals surface area contributed by atoms with Gasteiger partial charge in [-0.3, -0.25) is 0 Å². The summed E-state index contributed by atoms with van der Waals surface area (Å²) in [6, 6.07) is 9.63. The van der Waals surface area contributed by atoms with Crippen LogP contribution in [0.4, 0.5) is 5.69 Å². The summed E-state index contributed by atoms with van der Waals surface area (Å²) in [7, 11) is 1.75. The van der Waals surface area contributed by atoms with E-state index in [0.29, 0.717) is 4.32 Å². The minimum atomic E-state index is 0.381. The van der Waals surface area contributed by atoms with Gasteiger partial charge in [-0.1, -0.05) is 22.5 Å². The Kier molecular flexibility index (Phi) is 6.55. The van der Waals surface area contributed by atoms with Crippen molar-refractivity contribution in [2.45, 2.75) is 0 Å². The van der Waals surface area contributed by atoms with E-state index >= 15 is 0 Å². The van der Waals surface area contributed by atoms with Crippen LogP contribution in [0.2, 0.25) is 0 Å². The van der Waals surface area contributed by atoms with Crippen LogP contribution < -0.4 is 11.1 Å². The second-order valence-electron chi connectivity index (χ2n) is 1.78. The summed E-state index contributed by atoms with van der Waals surface area (Å²) in [6.07, 6.45) is 0. The SMILES string of the molecule is C[NH3+].S=C([S-])Nc1ccccc1. The lowest BCUT2D eigenvalue weighted by Crippen LogP contribution is -2.40. The molecule has 0 heterocycles. The zero-order chi connectivity index (χ0) is 9.40. The minimum absolute atomic E-state index is 0.381. The minimum Gasteiger partial charge on any atom is -0.411 e. The van der Waals surface area contributed by atoms with Crippen LogP contribution in [0.15, 0.2) is 30.3 Å². The summed E-state index contributed by atoms with van der Waals surface area (Å²) < 4.78 is 0.381. The summed E-state index contributed by atoms with van der Waals surface area (Å²) in [4.78, 5) is 0. The first-order valence-corrected chi connectivity index (χ1v) is 4.34. The summed E-state index contributed by atoms with van der Waals surface area (Å²) in [5.41, 5.74) is 4.20. The fourth-order valence-electron chi connectivity index (χ4n) is 0.639. The first kappa shape index (κ1) is 11.3. The third-order valence-corrected chi connectivity index (χ3v) is 1.22. The predicted octanol–water partition coefficient (Wildman–Crippen LogP) is 0.788. The van der Waals surface area contributed by atoms with E-state index in [2.05, 4.69) is 35.9 Å². The fraction of sp³-hybridized carbons (Fsp3) is 0.125. The van der Waals surface area contributed by atoms with E-state index in [1.165, 1.54) is 0 Å². The number of hydrogen-bond donors (Lipinski definition) is 2. The molecule has 0 aliphatic rings. The van der Waals surface area contributed by atoms with Crippen molar-refractivity contribution in [2.24, 2.45) is 0 Å². The summed E-state index contributed by atoms with van der Waals surface area (Å²) >= 11 is 9.36. The van der Waals surface area contributed by atoms with E-state index in [1.807, 2.05) is 30.3 Å². The number of quaternary nitrogens is 1. The van der Waals surface area contributed by atoms with E-state index < -0.39 is 0 Å². The molecule has 0 aliphatic heterocycles. The summed E-state index contributed by atoms with van der Waals surface area (Å²) in [6.45, 7) is 0. The van der Waals surface area contributed by atoms with E-state index in [1.54, 1.807) is 7.05 Å². The normalized spacial score (nSPS) is 7.83. The number of thiocarbonyl (C=S) groups is 1. The standard InChI is InChI=1S/C7H7NS2.CH5N/c9-7(10)8-6-4-2-1-3-5-6;1-2/h1-5H,(H2,8,9,10);2H2,1H3. The van der Waals surface area contributed by atoms with Gasteiger partial charge >= 0.3 is 0 Å². The van der Waals surface area contributed by atoms with Crippen LogP contribution in [0.25, 0.3) is 0 Å². The van der Waals surface area contributed by atoms with Gasteiger partial charge in [0, 0.05) is 5.69 Å². The zero-order valence-corrected chi connectivity index (χ0v) is 8.54. The Morgan fingerprint density at radius 1 is 1.33 bits per heavy atom. The van der Waals surface area contributed by atoms with Gasteiger partial charge < -0.3 is 35.9 Å². The third kappa shape index (κ3) is 5.01. The highest BCUT2D eigenvalue weighted by Gasteiger charge is 1.82. The first-order chi connectivity index (χ1) is 5.79. The molecule has 0 unspecified atom stereocenters. The maximum Gasteiger partial charge on any atom is 0.0634 e. The smallest absolute Gasteiger partial charge is 0.0634 e. The van der Waals surface area contributed by atoms with Crippen LogP contribution in [0.3, 0.4) is 0 Å². The molecule has 0 aliphatic carbocycles. The molecule has 12 heavy (non-hydrogen) atoms. The number of anilines is 1. The molecule has 2 nitrogen and oxygen atoms in total. The van der Waals surface area contributed by atoms with Crippen molar-refractivity contribution in [3.8, 4) is 0 Å². The van der Waals surface area contributed by atoms with Crippen LogP contribution in [0.5, 0.6) is 0 Å². The largest absolute Gasteiger partial charge is 0.411 e. The molecule has 0 atom stereocenters. The second kappa shape index (κ2) is 6.97. The first-order valence-electron chi connectivity index (χ1n) is 3.53. The van der Waals surface area contributed by atoms with Crippen molar-refractivity contribution >= 4 is 34.9 Å². The van der Waals surface area contributed by atoms with Crippen molar-refractivity contribution in [1.82, 2.24) is 0 Å². The van der Waals surface area contributed by atoms with Gasteiger partial charge in [-0.2, -0.15) is 0 Å². The molecule has 0 radical (unpaired) electrons. The Balaban J connectivity index is 0.000000561. The van der Waals surface area contributed by atoms with Gasteiger partial charge in [-0.05, 0) is 12.1 Å². The van der Waals surface area contributed by atoms with Gasteiger partial charge in [0.1, 0.15) is 0 Å². The molecule has 0 aromatic heterocycles. The molecule has 1 aromatic rings. The van der Waals surface area contributed by atoms with Crippen molar-refractivity contribution in [3.05, 3.63) is 30.3 Å². The molecule has 1 rings (SSSR count). The van der Waals surface area contributed by atoms with Crippen molar-refractivity contribution in [3.63, 3.8) is 0 Å². The molecule has 66 valence electrons. The highest BCUT2D eigenvalue weighted by molar-refractivity contribution is 8.00. The van der Waals surface area contributed by atoms with Gasteiger partial charge in [0.2, 0.25) is 0 Å². The fourth-order valence-corrected chi connectivity index (χ4v) is 0.875. The summed E-state index contributed by atoms with van der Waals surface area (Å²) in [5, 5.41) is 2.85. The van der Waals surface area contributed by atoms with Gasteiger partial charge in [-0.25, -0.2) is 0 Å². The van der Waals surface area contributed by atoms with Crippen LogP contribution in [0, 0.1) is 0 Å². The Bertz CT molecular complexity index is 224. The van der Waals surface area contributed by atoms with Gasteiger partial charge in [0.25, 0.3) is 0 Å². The maximum absolute atomic E-state index is 4.68. The highest BCUT2D eigenvalue weighted by Crippen LogP contribution is 2.03. The predicted molar refractivity (Wildman–Crippen MR) is 58.8 cm³/mol. The topological polar surface area (TPSA) is 39.7 Å². The van der Waals surface area contributed by atoms with E-state index in [9.17, 15) is 0 Å². The summed E-state index contributed by atoms with van der Waals surface area (Å²) in [5.74, 6) is 0. The molecule has 1 aromatic carbocycles. The highest BCUT2D eigenvalue weighted by atomic mass is 32.1. The van der Waals surface area contributed by atoms with Crippen molar-refractivity contribution < 1.29 is 5.73 Å². The monoisotopic (exact) mass is 200 g/mol. The average Bonchev–Trinajstić information content (AvgIpc) is 2.08. The molecular formula is C8H12N2S2. The zero-order valence-electron chi connectivity index (χ0n) is 6.91. The lowest BCUT2D eigenvalue weighted by molar-refractivity contribution is -0.325. The molecular weight excluding hydrogens is 188 g/mol. The molecule has 4 N–H and O–H groups in total. The number of rotatable bonds is 1. The quantitative estimate of drug-likeness (QED) is 0.520. The Morgan fingerprint density at radius 3 is 2.25 bits per heavy atom. The second-order valence-corrected chi connectivity index (χ2v) is 2.85. The number of nitrogens with one attached hydrogen (secondary N) is 1. The lowest BCUT2D eigenvalue weighted by Gasteiger charge is -2.07. The van der Waals surface area contributed by atoms with Crippen LogP contribution >= 0.6 is 12.2 Å². The van der Waals surface area contributed by atoms with Crippen molar-refractivity contribution in [2.75, 3.05) is 12.4 Å². The third-order valence-electron chi connectivity index (χ3n) is 1.02. The van der Waals surface area contributed by atoms with Crippen LogP contribution in [-0.4, -0.2) is 11.4 Å². The average molecular weight is 200 g/mol. The van der Waals surface area contributed by atoms with Crippen LogP contribution in [0.1, 0.15) is 0 Å². The van der Waals surface area contributed by atoms with E-state index in [0.717, 1.165) is 5.69 Å². The van der Waals surface area contributed by atoms with Gasteiger partial charge in [0.05, 0.1) is 7.05 Å². The molecule has 0 saturated carbocycles. The van der Waals surface area contributed by atoms with E-state index in [4.69, 9.17) is 0 Å². The Labute approximate surface area is 83.6 Å². The number of para-hydroxylation sites is 1. The number of hydrogen-bond acceptors (Lipinski definition) is 2. The Morgan fingerprint density at radius 2 is 1.83 bits per heavy atom. The molecule has 0 spiro atoms. The molecule has 0 amide bonds. The molecule has 4 heteroatoms. The Hall–Kier alpha value is -0.710. The lowest BCUT2D eigenvalue weighted by atomic mass is 10.3. The molecule has 0 saturated heterocycles. The van der Waals surface area contributed by atoms with Gasteiger partial charge in [0.15, 0.2) is 0 Å². The maximum atomic E-state index is 4.68. The van der Waals surface area contributed by atoms with Crippen LogP contribution in [-0.2, 0) is 12.6 Å². The molecule has 0 fully saturated rings. The van der Waals surface area contributed by atoms with E-state index in [-0.39, 0.29) is 0 Å². The molecule has 0 bridgehead atoms. The van der Waals surface area contributed by atoms with Gasteiger partial charge in [-0.15, -0.1) is 0 Å². The number of benzene rings is 1.